The average molecular weight is 268 g/mol. The second-order valence-corrected chi connectivity index (χ2v) is 5.64. The molecule has 0 aliphatic rings. The fourth-order valence-electron chi connectivity index (χ4n) is 1.49. The molecule has 0 aromatic carbocycles. The fraction of sp³-hybridized carbons (Fsp3) is 0.455. The van der Waals surface area contributed by atoms with E-state index < -0.39 is 0 Å². The fourth-order valence-corrected chi connectivity index (χ4v) is 2.86. The molecular weight excluding hydrogens is 252 g/mol. The van der Waals surface area contributed by atoms with E-state index in [1.165, 1.54) is 16.3 Å². The van der Waals surface area contributed by atoms with Gasteiger partial charge in [0.05, 0.1) is 10.7 Å². The van der Waals surface area contributed by atoms with Crippen molar-refractivity contribution < 1.29 is 0 Å². The van der Waals surface area contributed by atoms with Gasteiger partial charge >= 0.3 is 0 Å². The maximum absolute atomic E-state index is 5.57. The summed E-state index contributed by atoms with van der Waals surface area (Å²) in [6.07, 6.45) is 1.93. The number of anilines is 1. The normalized spacial score (nSPS) is 10.9. The Morgan fingerprint density at radius 1 is 1.18 bits per heavy atom. The van der Waals surface area contributed by atoms with Crippen LogP contribution >= 0.6 is 22.7 Å². The smallest absolute Gasteiger partial charge is 0.180 e. The number of nitrogens with one attached hydrogen (secondary N) is 1. The van der Waals surface area contributed by atoms with E-state index in [0.29, 0.717) is 5.13 Å². The highest BCUT2D eigenvalue weighted by Crippen LogP contribution is 2.11. The van der Waals surface area contributed by atoms with Crippen LogP contribution in [0.2, 0.25) is 0 Å². The first kappa shape index (κ1) is 12.5. The number of aromatic nitrogens is 2. The number of rotatable bonds is 6. The molecule has 0 saturated carbocycles. The molecule has 2 rings (SSSR count). The van der Waals surface area contributed by atoms with Crippen molar-refractivity contribution >= 4 is 27.8 Å². The predicted octanol–water partition coefficient (Wildman–Crippen LogP) is 1.87. The van der Waals surface area contributed by atoms with Crippen molar-refractivity contribution in [3.05, 3.63) is 27.2 Å². The molecule has 0 radical (unpaired) electrons. The van der Waals surface area contributed by atoms with Crippen molar-refractivity contribution in [1.29, 1.82) is 0 Å². The highest BCUT2D eigenvalue weighted by atomic mass is 32.1. The van der Waals surface area contributed by atoms with Crippen molar-refractivity contribution in [2.75, 3.05) is 18.8 Å². The van der Waals surface area contributed by atoms with Crippen molar-refractivity contribution in [3.63, 3.8) is 0 Å². The molecule has 0 atom stereocenters. The molecule has 0 bridgehead atoms. The van der Waals surface area contributed by atoms with Crippen molar-refractivity contribution in [2.45, 2.75) is 19.8 Å². The Labute approximate surface area is 109 Å². The van der Waals surface area contributed by atoms with Gasteiger partial charge in [-0.1, -0.05) is 0 Å². The van der Waals surface area contributed by atoms with Crippen molar-refractivity contribution in [1.82, 2.24) is 15.3 Å². The highest BCUT2D eigenvalue weighted by Gasteiger charge is 2.00. The number of thiazole rings is 2. The molecule has 17 heavy (non-hydrogen) atoms. The third kappa shape index (κ3) is 4.07. The van der Waals surface area contributed by atoms with Gasteiger partial charge in [-0.2, -0.15) is 0 Å². The SMILES string of the molecule is Cc1csc(CCNCCc2csc(N)n2)n1. The first-order valence-corrected chi connectivity index (χ1v) is 7.31. The average Bonchev–Trinajstić information content (AvgIpc) is 2.88. The molecule has 3 N–H and O–H groups in total. The largest absolute Gasteiger partial charge is 0.375 e. The molecular formula is C11H16N4S2. The number of hydrogen-bond donors (Lipinski definition) is 2. The van der Waals surface area contributed by atoms with Crippen LogP contribution in [-0.2, 0) is 12.8 Å². The topological polar surface area (TPSA) is 63.8 Å². The monoisotopic (exact) mass is 268 g/mol. The van der Waals surface area contributed by atoms with Gasteiger partial charge in [0.25, 0.3) is 0 Å². The Kier molecular flexibility index (Phi) is 4.47. The van der Waals surface area contributed by atoms with Crippen LogP contribution in [0.3, 0.4) is 0 Å². The predicted molar refractivity (Wildman–Crippen MR) is 73.7 cm³/mol. The van der Waals surface area contributed by atoms with E-state index in [1.54, 1.807) is 11.3 Å². The summed E-state index contributed by atoms with van der Waals surface area (Å²) < 4.78 is 0. The van der Waals surface area contributed by atoms with Gasteiger partial charge in [0, 0.05) is 42.4 Å². The number of nitrogen functional groups attached to an aromatic ring is 1. The van der Waals surface area contributed by atoms with Crippen LogP contribution in [0, 0.1) is 6.92 Å². The number of hydrogen-bond acceptors (Lipinski definition) is 6. The van der Waals surface area contributed by atoms with Gasteiger partial charge in [0.1, 0.15) is 0 Å². The van der Waals surface area contributed by atoms with Crippen LogP contribution in [0.5, 0.6) is 0 Å². The highest BCUT2D eigenvalue weighted by molar-refractivity contribution is 7.13. The summed E-state index contributed by atoms with van der Waals surface area (Å²) in [5.74, 6) is 0. The molecule has 0 amide bonds. The van der Waals surface area contributed by atoms with Crippen LogP contribution in [-0.4, -0.2) is 23.1 Å². The molecule has 0 spiro atoms. The van der Waals surface area contributed by atoms with Gasteiger partial charge < -0.3 is 11.1 Å². The lowest BCUT2D eigenvalue weighted by Gasteiger charge is -2.01. The Balaban J connectivity index is 1.60. The number of nitrogens with zero attached hydrogens (tertiary/aromatic N) is 2. The maximum atomic E-state index is 5.57. The lowest BCUT2D eigenvalue weighted by atomic mass is 10.3. The minimum absolute atomic E-state index is 0.651. The summed E-state index contributed by atoms with van der Waals surface area (Å²) in [6.45, 7) is 3.93. The van der Waals surface area contributed by atoms with Crippen LogP contribution < -0.4 is 11.1 Å². The minimum atomic E-state index is 0.651. The summed E-state index contributed by atoms with van der Waals surface area (Å²) >= 11 is 3.23. The van der Waals surface area contributed by atoms with Gasteiger partial charge in [-0.3, -0.25) is 0 Å². The van der Waals surface area contributed by atoms with Gasteiger partial charge in [0.15, 0.2) is 5.13 Å². The van der Waals surface area contributed by atoms with Gasteiger partial charge in [-0.25, -0.2) is 9.97 Å². The van der Waals surface area contributed by atoms with E-state index in [1.807, 2.05) is 12.3 Å². The third-order valence-corrected chi connectivity index (χ3v) is 4.06. The minimum Gasteiger partial charge on any atom is -0.375 e. The summed E-state index contributed by atoms with van der Waals surface area (Å²) in [5, 5.41) is 9.35. The van der Waals surface area contributed by atoms with E-state index in [9.17, 15) is 0 Å². The Bertz CT molecular complexity index is 421. The molecule has 6 heteroatoms. The van der Waals surface area contributed by atoms with Crippen LogP contribution in [0.15, 0.2) is 10.8 Å². The summed E-state index contributed by atoms with van der Waals surface area (Å²) in [6, 6.07) is 0. The Hall–Kier alpha value is -0.980. The molecule has 0 saturated heterocycles. The summed E-state index contributed by atoms with van der Waals surface area (Å²) in [4.78, 5) is 8.64. The van der Waals surface area contributed by atoms with E-state index in [2.05, 4.69) is 20.7 Å². The van der Waals surface area contributed by atoms with Crippen molar-refractivity contribution in [2.24, 2.45) is 0 Å². The van der Waals surface area contributed by atoms with E-state index >= 15 is 0 Å². The molecule has 4 nitrogen and oxygen atoms in total. The zero-order valence-corrected chi connectivity index (χ0v) is 11.4. The zero-order valence-electron chi connectivity index (χ0n) is 9.77. The van der Waals surface area contributed by atoms with Gasteiger partial charge in [0.2, 0.25) is 0 Å². The first-order valence-electron chi connectivity index (χ1n) is 5.55. The molecule has 92 valence electrons. The van der Waals surface area contributed by atoms with Crippen molar-refractivity contribution in [3.8, 4) is 0 Å². The molecule has 2 aromatic heterocycles. The first-order chi connectivity index (χ1) is 8.24. The second-order valence-electron chi connectivity index (χ2n) is 3.81. The zero-order chi connectivity index (χ0) is 12.1. The molecule has 0 unspecified atom stereocenters. The maximum Gasteiger partial charge on any atom is 0.180 e. The molecule has 0 aliphatic heterocycles. The lowest BCUT2D eigenvalue weighted by molar-refractivity contribution is 0.675. The molecule has 0 fully saturated rings. The Morgan fingerprint density at radius 2 is 2.00 bits per heavy atom. The van der Waals surface area contributed by atoms with E-state index in [4.69, 9.17) is 5.73 Å². The number of aryl methyl sites for hydroxylation is 1. The van der Waals surface area contributed by atoms with Gasteiger partial charge in [-0.05, 0) is 6.92 Å². The van der Waals surface area contributed by atoms with Gasteiger partial charge in [-0.15, -0.1) is 22.7 Å². The summed E-state index contributed by atoms with van der Waals surface area (Å²) in [5.41, 5.74) is 7.76. The van der Waals surface area contributed by atoms with E-state index in [-0.39, 0.29) is 0 Å². The van der Waals surface area contributed by atoms with E-state index in [0.717, 1.165) is 37.3 Å². The lowest BCUT2D eigenvalue weighted by Crippen LogP contribution is -2.20. The summed E-state index contributed by atoms with van der Waals surface area (Å²) in [7, 11) is 0. The molecule has 2 aromatic rings. The van der Waals surface area contributed by atoms with Crippen LogP contribution in [0.4, 0.5) is 5.13 Å². The van der Waals surface area contributed by atoms with Crippen LogP contribution in [0.25, 0.3) is 0 Å². The number of nitrogens with two attached hydrogens (primary N) is 1. The van der Waals surface area contributed by atoms with Crippen LogP contribution in [0.1, 0.15) is 16.4 Å². The standard InChI is InChI=1S/C11H16N4S2/c1-8-6-16-10(14-8)3-5-13-4-2-9-7-17-11(12)15-9/h6-7,13H,2-5H2,1H3,(H2,12,15). The Morgan fingerprint density at radius 3 is 2.65 bits per heavy atom. The quantitative estimate of drug-likeness (QED) is 0.785. The molecule has 0 aliphatic carbocycles. The third-order valence-electron chi connectivity index (χ3n) is 2.31. The second kappa shape index (κ2) is 6.09. The molecule has 2 heterocycles.